The van der Waals surface area contributed by atoms with E-state index < -0.39 is 10.0 Å². The molecule has 0 saturated heterocycles. The Morgan fingerprint density at radius 2 is 2.14 bits per heavy atom. The van der Waals surface area contributed by atoms with Crippen LogP contribution in [0.5, 0.6) is 0 Å². The first-order valence-electron chi connectivity index (χ1n) is 5.96. The molecule has 0 unspecified atom stereocenters. The Hall–Kier alpha value is -2.68. The van der Waals surface area contributed by atoms with E-state index in [-0.39, 0.29) is 5.03 Å². The van der Waals surface area contributed by atoms with Gasteiger partial charge < -0.3 is 4.42 Å². The van der Waals surface area contributed by atoms with Gasteiger partial charge in [-0.25, -0.2) is 0 Å². The van der Waals surface area contributed by atoms with E-state index in [9.17, 15) is 8.42 Å². The summed E-state index contributed by atoms with van der Waals surface area (Å²) in [7, 11) is -3.68. The lowest BCUT2D eigenvalue weighted by atomic mass is 10.1. The van der Waals surface area contributed by atoms with E-state index in [0.717, 1.165) is 11.1 Å². The Morgan fingerprint density at radius 1 is 1.29 bits per heavy atom. The van der Waals surface area contributed by atoms with Crippen LogP contribution in [-0.2, 0) is 10.0 Å². The molecule has 108 valence electrons. The highest BCUT2D eigenvalue weighted by atomic mass is 32.2. The first-order chi connectivity index (χ1) is 10.1. The average molecular weight is 305 g/mol. The third kappa shape index (κ3) is 2.63. The maximum absolute atomic E-state index is 12.1. The molecule has 2 N–H and O–H groups in total. The summed E-state index contributed by atoms with van der Waals surface area (Å²) in [6.07, 6.45) is 2.61. The summed E-state index contributed by atoms with van der Waals surface area (Å²) in [5.74, 6) is 0.376. The molecule has 9 heteroatoms. The largest absolute Gasteiger partial charge is 0.423 e. The number of aromatic amines is 1. The highest BCUT2D eigenvalue weighted by molar-refractivity contribution is 7.92. The number of H-pyrrole nitrogens is 1. The van der Waals surface area contributed by atoms with Gasteiger partial charge >= 0.3 is 0 Å². The van der Waals surface area contributed by atoms with Gasteiger partial charge in [-0.1, -0.05) is 0 Å². The molecule has 1 aromatic carbocycles. The van der Waals surface area contributed by atoms with Gasteiger partial charge in [-0.2, -0.15) is 13.5 Å². The van der Waals surface area contributed by atoms with Crippen molar-refractivity contribution in [1.82, 2.24) is 20.4 Å². The minimum Gasteiger partial charge on any atom is -0.423 e. The van der Waals surface area contributed by atoms with Crippen LogP contribution in [0, 0.1) is 6.92 Å². The summed E-state index contributed by atoms with van der Waals surface area (Å²) in [5.41, 5.74) is 1.91. The number of nitrogens with one attached hydrogen (secondary N) is 2. The zero-order valence-electron chi connectivity index (χ0n) is 10.9. The highest BCUT2D eigenvalue weighted by Crippen LogP contribution is 2.24. The first kappa shape index (κ1) is 13.3. The van der Waals surface area contributed by atoms with Gasteiger partial charge in [0.15, 0.2) is 5.03 Å². The van der Waals surface area contributed by atoms with Gasteiger partial charge in [-0.05, 0) is 36.8 Å². The molecule has 0 atom stereocenters. The zero-order chi connectivity index (χ0) is 14.9. The van der Waals surface area contributed by atoms with E-state index in [1.807, 2.05) is 0 Å². The predicted octanol–water partition coefficient (Wildman–Crippen LogP) is 1.57. The van der Waals surface area contributed by atoms with E-state index in [1.54, 1.807) is 25.1 Å². The van der Waals surface area contributed by atoms with E-state index in [2.05, 4.69) is 25.1 Å². The van der Waals surface area contributed by atoms with Crippen LogP contribution in [-0.4, -0.2) is 28.8 Å². The summed E-state index contributed by atoms with van der Waals surface area (Å²) in [6.45, 7) is 1.78. The van der Waals surface area contributed by atoms with Crippen LogP contribution >= 0.6 is 0 Å². The molecule has 21 heavy (non-hydrogen) atoms. The van der Waals surface area contributed by atoms with Gasteiger partial charge in [0, 0.05) is 5.56 Å². The molecular formula is C12H11N5O3S. The Kier molecular flexibility index (Phi) is 3.18. The molecule has 0 fully saturated rings. The molecule has 0 bridgehead atoms. The van der Waals surface area contributed by atoms with Gasteiger partial charge in [0.05, 0.1) is 11.9 Å². The van der Waals surface area contributed by atoms with Crippen molar-refractivity contribution in [3.8, 4) is 11.5 Å². The van der Waals surface area contributed by atoms with Gasteiger partial charge in [-0.3, -0.25) is 9.82 Å². The first-order valence-corrected chi connectivity index (χ1v) is 7.44. The van der Waals surface area contributed by atoms with Crippen molar-refractivity contribution in [2.45, 2.75) is 11.9 Å². The topological polar surface area (TPSA) is 114 Å². The van der Waals surface area contributed by atoms with Crippen molar-refractivity contribution in [1.29, 1.82) is 0 Å². The van der Waals surface area contributed by atoms with Crippen LogP contribution in [0.4, 0.5) is 5.69 Å². The normalized spacial score (nSPS) is 11.5. The number of anilines is 1. The molecule has 0 radical (unpaired) electrons. The van der Waals surface area contributed by atoms with Crippen molar-refractivity contribution in [3.05, 3.63) is 42.4 Å². The number of nitrogens with zero attached hydrogens (tertiary/aromatic N) is 3. The number of benzene rings is 1. The number of sulfonamides is 1. The molecule has 0 aliphatic carbocycles. The summed E-state index contributed by atoms with van der Waals surface area (Å²) >= 11 is 0. The summed E-state index contributed by atoms with van der Waals surface area (Å²) < 4.78 is 31.8. The van der Waals surface area contributed by atoms with Gasteiger partial charge in [-0.15, -0.1) is 10.2 Å². The summed E-state index contributed by atoms with van der Waals surface area (Å²) in [5, 5.41) is 13.5. The molecule has 2 aromatic heterocycles. The second kappa shape index (κ2) is 5.02. The Labute approximate surface area is 120 Å². The molecule has 0 amide bonds. The van der Waals surface area contributed by atoms with Crippen LogP contribution in [0.1, 0.15) is 5.56 Å². The van der Waals surface area contributed by atoms with Crippen LogP contribution < -0.4 is 4.72 Å². The van der Waals surface area contributed by atoms with Crippen LogP contribution in [0.2, 0.25) is 0 Å². The molecule has 8 nitrogen and oxygen atoms in total. The van der Waals surface area contributed by atoms with E-state index in [0.29, 0.717) is 11.6 Å². The number of aromatic nitrogens is 4. The van der Waals surface area contributed by atoms with Crippen LogP contribution in [0.15, 0.2) is 46.3 Å². The Morgan fingerprint density at radius 3 is 2.76 bits per heavy atom. The predicted molar refractivity (Wildman–Crippen MR) is 73.9 cm³/mol. The van der Waals surface area contributed by atoms with Crippen LogP contribution in [0.25, 0.3) is 11.5 Å². The number of hydrogen-bond donors (Lipinski definition) is 2. The molecule has 0 aliphatic rings. The van der Waals surface area contributed by atoms with E-state index in [1.165, 1.54) is 18.7 Å². The SMILES string of the molecule is Cc1cc(-c2nnco2)ccc1NS(=O)(=O)c1ccn[nH]1. The second-order valence-electron chi connectivity index (χ2n) is 4.30. The quantitative estimate of drug-likeness (QED) is 0.756. The fraction of sp³-hybridized carbons (Fsp3) is 0.0833. The number of aryl methyl sites for hydroxylation is 1. The van der Waals surface area contributed by atoms with Gasteiger partial charge in [0.1, 0.15) is 0 Å². The second-order valence-corrected chi connectivity index (χ2v) is 5.95. The number of hydrogen-bond acceptors (Lipinski definition) is 6. The van der Waals surface area contributed by atoms with Crippen molar-refractivity contribution < 1.29 is 12.8 Å². The van der Waals surface area contributed by atoms with Gasteiger partial charge in [0.25, 0.3) is 10.0 Å². The Balaban J connectivity index is 1.91. The maximum Gasteiger partial charge on any atom is 0.278 e. The maximum atomic E-state index is 12.1. The lowest BCUT2D eigenvalue weighted by molar-refractivity contribution is 0.568. The fourth-order valence-electron chi connectivity index (χ4n) is 1.80. The summed E-state index contributed by atoms with van der Waals surface area (Å²) in [6, 6.07) is 6.48. The molecule has 0 spiro atoms. The lowest BCUT2D eigenvalue weighted by Gasteiger charge is -2.09. The smallest absolute Gasteiger partial charge is 0.278 e. The summed E-state index contributed by atoms with van der Waals surface area (Å²) in [4.78, 5) is 0. The van der Waals surface area contributed by atoms with E-state index >= 15 is 0 Å². The minimum absolute atomic E-state index is 0.00266. The third-order valence-corrected chi connectivity index (χ3v) is 4.14. The van der Waals surface area contributed by atoms with Gasteiger partial charge in [0.2, 0.25) is 12.3 Å². The minimum atomic E-state index is -3.68. The standard InChI is InChI=1S/C12H11N5O3S/c1-8-6-9(12-16-14-7-20-12)2-3-10(8)17-21(18,19)11-4-5-13-15-11/h2-7,17H,1H3,(H,13,15). The average Bonchev–Trinajstić information content (AvgIpc) is 3.14. The highest BCUT2D eigenvalue weighted by Gasteiger charge is 2.17. The Bertz CT molecular complexity index is 841. The van der Waals surface area contributed by atoms with Crippen molar-refractivity contribution >= 4 is 15.7 Å². The lowest BCUT2D eigenvalue weighted by Crippen LogP contribution is -2.14. The van der Waals surface area contributed by atoms with Crippen molar-refractivity contribution in [2.24, 2.45) is 0 Å². The molecular weight excluding hydrogens is 294 g/mol. The zero-order valence-corrected chi connectivity index (χ0v) is 11.8. The van der Waals surface area contributed by atoms with Crippen LogP contribution in [0.3, 0.4) is 0 Å². The van der Waals surface area contributed by atoms with E-state index in [4.69, 9.17) is 4.42 Å². The molecule has 0 saturated carbocycles. The monoisotopic (exact) mass is 305 g/mol. The fourth-order valence-corrected chi connectivity index (χ4v) is 2.84. The van der Waals surface area contributed by atoms with Crippen molar-refractivity contribution in [3.63, 3.8) is 0 Å². The molecule has 0 aliphatic heterocycles. The third-order valence-electron chi connectivity index (χ3n) is 2.84. The van der Waals surface area contributed by atoms with Crippen molar-refractivity contribution in [2.75, 3.05) is 4.72 Å². The molecule has 3 aromatic rings. The number of rotatable bonds is 4. The molecule has 3 rings (SSSR count). The molecule has 2 heterocycles.